The molecule has 0 aliphatic heterocycles. The van der Waals surface area contributed by atoms with Crippen molar-refractivity contribution in [3.8, 4) is 17.2 Å². The molecule has 0 fully saturated rings. The molecule has 0 radical (unpaired) electrons. The maximum Gasteiger partial charge on any atom is 0.101 e. The summed E-state index contributed by atoms with van der Waals surface area (Å²) in [5.74, 6) is 0. The van der Waals surface area contributed by atoms with Gasteiger partial charge in [0.2, 0.25) is 0 Å². The summed E-state index contributed by atoms with van der Waals surface area (Å²) >= 11 is 9.38. The van der Waals surface area contributed by atoms with Gasteiger partial charge in [0, 0.05) is 27.5 Å². The molecule has 0 spiro atoms. The van der Waals surface area contributed by atoms with Crippen LogP contribution >= 0.6 is 27.5 Å². The zero-order chi connectivity index (χ0) is 11.5. The first-order valence-corrected chi connectivity index (χ1v) is 5.69. The molecule has 1 aromatic heterocycles. The second-order valence-corrected chi connectivity index (χ2v) is 4.45. The molecular weight excluding hydrogens is 288 g/mol. The topological polar surface area (TPSA) is 36.7 Å². The summed E-state index contributed by atoms with van der Waals surface area (Å²) < 4.78 is 0.902. The van der Waals surface area contributed by atoms with Crippen molar-refractivity contribution in [2.45, 2.75) is 0 Å². The van der Waals surface area contributed by atoms with Crippen molar-refractivity contribution in [2.75, 3.05) is 0 Å². The second-order valence-electron chi connectivity index (χ2n) is 3.16. The Morgan fingerprint density at radius 1 is 1.25 bits per heavy atom. The lowest BCUT2D eigenvalue weighted by Gasteiger charge is -2.06. The number of nitrogens with zero attached hydrogens (tertiary/aromatic N) is 2. The van der Waals surface area contributed by atoms with Gasteiger partial charge in [-0.05, 0) is 29.8 Å². The number of nitriles is 1. The van der Waals surface area contributed by atoms with E-state index in [1.54, 1.807) is 24.5 Å². The van der Waals surface area contributed by atoms with Crippen LogP contribution in [0.4, 0.5) is 0 Å². The minimum atomic E-state index is 0.533. The Kier molecular flexibility index (Phi) is 3.23. The van der Waals surface area contributed by atoms with Crippen LogP contribution in [-0.2, 0) is 0 Å². The van der Waals surface area contributed by atoms with Crippen molar-refractivity contribution < 1.29 is 0 Å². The van der Waals surface area contributed by atoms with E-state index in [4.69, 9.17) is 16.9 Å². The largest absolute Gasteiger partial charge is 0.263 e. The van der Waals surface area contributed by atoms with Crippen LogP contribution in [0, 0.1) is 11.3 Å². The molecule has 2 rings (SSSR count). The van der Waals surface area contributed by atoms with Crippen molar-refractivity contribution in [1.29, 1.82) is 5.26 Å². The van der Waals surface area contributed by atoms with E-state index in [0.717, 1.165) is 15.6 Å². The molecule has 0 saturated heterocycles. The third kappa shape index (κ3) is 2.08. The molecule has 4 heteroatoms. The fourth-order valence-corrected chi connectivity index (χ4v) is 2.05. The molecule has 0 aliphatic carbocycles. The lowest BCUT2D eigenvalue weighted by Crippen LogP contribution is -1.87. The first-order chi connectivity index (χ1) is 7.72. The maximum absolute atomic E-state index is 9.00. The van der Waals surface area contributed by atoms with Crippen molar-refractivity contribution >= 4 is 27.5 Å². The van der Waals surface area contributed by atoms with E-state index in [-0.39, 0.29) is 0 Å². The quantitative estimate of drug-likeness (QED) is 0.796. The van der Waals surface area contributed by atoms with Crippen LogP contribution in [0.5, 0.6) is 0 Å². The third-order valence-corrected chi connectivity index (χ3v) is 3.09. The summed E-state index contributed by atoms with van der Waals surface area (Å²) in [7, 11) is 0. The summed E-state index contributed by atoms with van der Waals surface area (Å²) in [6.07, 6.45) is 3.20. The highest BCUT2D eigenvalue weighted by molar-refractivity contribution is 9.10. The summed E-state index contributed by atoms with van der Waals surface area (Å²) in [6, 6.07) is 9.39. The summed E-state index contributed by atoms with van der Waals surface area (Å²) in [5.41, 5.74) is 2.25. The number of halogens is 2. The molecule has 78 valence electrons. The number of pyridine rings is 1. The maximum atomic E-state index is 9.00. The molecule has 0 bridgehead atoms. The molecular formula is C12H6BrClN2. The molecule has 1 aromatic carbocycles. The zero-order valence-corrected chi connectivity index (χ0v) is 10.5. The predicted octanol–water partition coefficient (Wildman–Crippen LogP) is 4.04. The van der Waals surface area contributed by atoms with Crippen LogP contribution < -0.4 is 0 Å². The van der Waals surface area contributed by atoms with Crippen LogP contribution in [0.3, 0.4) is 0 Å². The van der Waals surface area contributed by atoms with Crippen LogP contribution in [0.15, 0.2) is 41.1 Å². The lowest BCUT2D eigenvalue weighted by atomic mass is 10.0. The first kappa shape index (κ1) is 11.1. The highest BCUT2D eigenvalue weighted by atomic mass is 79.9. The molecule has 0 atom stereocenters. The van der Waals surface area contributed by atoms with E-state index in [1.165, 1.54) is 0 Å². The highest BCUT2D eigenvalue weighted by Crippen LogP contribution is 2.32. The monoisotopic (exact) mass is 292 g/mol. The molecule has 1 heterocycles. The Morgan fingerprint density at radius 2 is 2.06 bits per heavy atom. The number of hydrogen-bond acceptors (Lipinski definition) is 2. The normalized spacial score (nSPS) is 9.81. The van der Waals surface area contributed by atoms with Crippen LogP contribution in [0.25, 0.3) is 11.1 Å². The minimum absolute atomic E-state index is 0.533. The Hall–Kier alpha value is -1.37. The van der Waals surface area contributed by atoms with Crippen molar-refractivity contribution in [3.05, 3.63) is 51.7 Å². The number of rotatable bonds is 1. The number of aromatic nitrogens is 1. The van der Waals surface area contributed by atoms with E-state index >= 15 is 0 Å². The van der Waals surface area contributed by atoms with Gasteiger partial charge in [-0.2, -0.15) is 5.26 Å². The lowest BCUT2D eigenvalue weighted by molar-refractivity contribution is 1.30. The second kappa shape index (κ2) is 4.65. The van der Waals surface area contributed by atoms with Gasteiger partial charge < -0.3 is 0 Å². The van der Waals surface area contributed by atoms with Crippen molar-refractivity contribution in [1.82, 2.24) is 4.98 Å². The van der Waals surface area contributed by atoms with Crippen LogP contribution in [-0.4, -0.2) is 4.98 Å². The molecule has 0 saturated carbocycles. The third-order valence-electron chi connectivity index (χ3n) is 2.16. The van der Waals surface area contributed by atoms with E-state index in [0.29, 0.717) is 10.6 Å². The molecule has 0 unspecified atom stereocenters. The Labute approximate surface area is 107 Å². The molecule has 0 aliphatic rings. The van der Waals surface area contributed by atoms with E-state index < -0.39 is 0 Å². The predicted molar refractivity (Wildman–Crippen MR) is 67.1 cm³/mol. The zero-order valence-electron chi connectivity index (χ0n) is 8.11. The summed E-state index contributed by atoms with van der Waals surface area (Å²) in [4.78, 5) is 3.92. The van der Waals surface area contributed by atoms with Gasteiger partial charge in [-0.1, -0.05) is 27.5 Å². The van der Waals surface area contributed by atoms with E-state index in [2.05, 4.69) is 27.0 Å². The smallest absolute Gasteiger partial charge is 0.101 e. The fourth-order valence-electron chi connectivity index (χ4n) is 1.42. The average molecular weight is 294 g/mol. The Morgan fingerprint density at radius 3 is 2.81 bits per heavy atom. The fraction of sp³-hybridized carbons (Fsp3) is 0. The SMILES string of the molecule is N#Cc1cnccc1-c1cc(Cl)ccc1Br. The molecule has 16 heavy (non-hydrogen) atoms. The number of hydrogen-bond donors (Lipinski definition) is 0. The van der Waals surface area contributed by atoms with Gasteiger partial charge in [0.1, 0.15) is 6.07 Å². The highest BCUT2D eigenvalue weighted by Gasteiger charge is 2.08. The molecule has 0 N–H and O–H groups in total. The van der Waals surface area contributed by atoms with Crippen molar-refractivity contribution in [2.24, 2.45) is 0 Å². The van der Waals surface area contributed by atoms with Gasteiger partial charge in [-0.15, -0.1) is 0 Å². The average Bonchev–Trinajstić information content (AvgIpc) is 2.32. The minimum Gasteiger partial charge on any atom is -0.263 e. The van der Waals surface area contributed by atoms with Crippen LogP contribution in [0.2, 0.25) is 5.02 Å². The molecule has 2 nitrogen and oxygen atoms in total. The molecule has 0 amide bonds. The first-order valence-electron chi connectivity index (χ1n) is 4.52. The van der Waals surface area contributed by atoms with Gasteiger partial charge in [0.25, 0.3) is 0 Å². The van der Waals surface area contributed by atoms with Gasteiger partial charge >= 0.3 is 0 Å². The van der Waals surface area contributed by atoms with Crippen LogP contribution in [0.1, 0.15) is 5.56 Å². The van der Waals surface area contributed by atoms with Gasteiger partial charge in [0.05, 0.1) is 5.56 Å². The number of benzene rings is 1. The van der Waals surface area contributed by atoms with E-state index in [9.17, 15) is 0 Å². The van der Waals surface area contributed by atoms with Gasteiger partial charge in [-0.3, -0.25) is 4.98 Å². The van der Waals surface area contributed by atoms with E-state index in [1.807, 2.05) is 12.1 Å². The standard InChI is InChI=1S/C12H6BrClN2/c13-12-2-1-9(14)5-11(12)10-3-4-16-7-8(10)6-15/h1-5,7H. The summed E-state index contributed by atoms with van der Waals surface area (Å²) in [6.45, 7) is 0. The molecule has 2 aromatic rings. The Balaban J connectivity index is 2.68. The van der Waals surface area contributed by atoms with Gasteiger partial charge in [0.15, 0.2) is 0 Å². The summed E-state index contributed by atoms with van der Waals surface area (Å²) in [5, 5.41) is 9.64. The van der Waals surface area contributed by atoms with Crippen molar-refractivity contribution in [3.63, 3.8) is 0 Å². The Bertz CT molecular complexity index is 575. The van der Waals surface area contributed by atoms with Gasteiger partial charge in [-0.25, -0.2) is 0 Å².